The van der Waals surface area contributed by atoms with E-state index in [0.717, 1.165) is 12.7 Å². The first-order chi connectivity index (χ1) is 10.3. The maximum Gasteiger partial charge on any atom is 0.213 e. The molecule has 2 aromatic carbocycles. The van der Waals surface area contributed by atoms with Crippen molar-refractivity contribution in [2.24, 2.45) is 0 Å². The second-order valence-electron chi connectivity index (χ2n) is 5.27. The van der Waals surface area contributed by atoms with Gasteiger partial charge in [0.1, 0.15) is 0 Å². The van der Waals surface area contributed by atoms with Crippen LogP contribution in [-0.2, 0) is 6.32 Å². The Morgan fingerprint density at radius 1 is 0.952 bits per heavy atom. The SMILES string of the molecule is C/C=C\C(=C/CC)B(Cc1ccccc1)c1ccccc1. The summed E-state index contributed by atoms with van der Waals surface area (Å²) in [5.41, 5.74) is 4.19. The second kappa shape index (κ2) is 8.31. The van der Waals surface area contributed by atoms with Gasteiger partial charge < -0.3 is 0 Å². The Hall–Kier alpha value is -2.02. The smallest absolute Gasteiger partial charge is 0.0899 e. The first-order valence-corrected chi connectivity index (χ1v) is 7.76. The van der Waals surface area contributed by atoms with E-state index in [9.17, 15) is 0 Å². The van der Waals surface area contributed by atoms with Gasteiger partial charge in [0, 0.05) is 0 Å². The van der Waals surface area contributed by atoms with E-state index in [1.807, 2.05) is 0 Å². The molecule has 0 saturated carbocycles. The largest absolute Gasteiger partial charge is 0.213 e. The van der Waals surface area contributed by atoms with E-state index in [1.165, 1.54) is 16.5 Å². The summed E-state index contributed by atoms with van der Waals surface area (Å²) in [4.78, 5) is 0. The molecule has 0 aliphatic carbocycles. The lowest BCUT2D eigenvalue weighted by atomic mass is 9.37. The van der Waals surface area contributed by atoms with Crippen LogP contribution >= 0.6 is 0 Å². The minimum absolute atomic E-state index is 0.421. The van der Waals surface area contributed by atoms with Gasteiger partial charge in [0.15, 0.2) is 0 Å². The number of allylic oxidation sites excluding steroid dienone is 4. The quantitative estimate of drug-likeness (QED) is 0.532. The lowest BCUT2D eigenvalue weighted by Gasteiger charge is -2.16. The third kappa shape index (κ3) is 4.49. The van der Waals surface area contributed by atoms with Gasteiger partial charge in [0.25, 0.3) is 0 Å². The Labute approximate surface area is 129 Å². The van der Waals surface area contributed by atoms with Gasteiger partial charge in [-0.05, 0) is 19.7 Å². The average Bonchev–Trinajstić information content (AvgIpc) is 2.54. The predicted octanol–water partition coefficient (Wildman–Crippen LogP) is 4.62. The fourth-order valence-electron chi connectivity index (χ4n) is 2.72. The van der Waals surface area contributed by atoms with Crippen LogP contribution in [0.15, 0.2) is 84.4 Å². The van der Waals surface area contributed by atoms with Gasteiger partial charge in [-0.2, -0.15) is 0 Å². The molecule has 0 fully saturated rings. The summed E-state index contributed by atoms with van der Waals surface area (Å²) in [7, 11) is 0. The summed E-state index contributed by atoms with van der Waals surface area (Å²) >= 11 is 0. The maximum atomic E-state index is 2.35. The van der Waals surface area contributed by atoms with Crippen molar-refractivity contribution < 1.29 is 0 Å². The molecule has 21 heavy (non-hydrogen) atoms. The van der Waals surface area contributed by atoms with Crippen molar-refractivity contribution in [1.29, 1.82) is 0 Å². The fraction of sp³-hybridized carbons (Fsp3) is 0.200. The molecule has 0 saturated heterocycles. The summed E-state index contributed by atoms with van der Waals surface area (Å²) in [6.07, 6.45) is 8.85. The molecule has 2 rings (SSSR count). The molecule has 0 nitrogen and oxygen atoms in total. The molecule has 0 bridgehead atoms. The van der Waals surface area contributed by atoms with E-state index < -0.39 is 0 Å². The summed E-state index contributed by atoms with van der Waals surface area (Å²) in [6, 6.07) is 21.6. The number of hydrogen-bond acceptors (Lipinski definition) is 0. The van der Waals surface area contributed by atoms with Gasteiger partial charge in [-0.25, -0.2) is 0 Å². The maximum absolute atomic E-state index is 2.35. The molecule has 0 radical (unpaired) electrons. The Morgan fingerprint density at radius 2 is 1.57 bits per heavy atom. The number of benzene rings is 2. The van der Waals surface area contributed by atoms with Gasteiger partial charge in [-0.3, -0.25) is 0 Å². The molecule has 0 aliphatic rings. The van der Waals surface area contributed by atoms with Crippen LogP contribution in [0.4, 0.5) is 0 Å². The molecule has 106 valence electrons. The van der Waals surface area contributed by atoms with E-state index in [-0.39, 0.29) is 0 Å². The van der Waals surface area contributed by atoms with Crippen LogP contribution in [0.25, 0.3) is 0 Å². The fourth-order valence-corrected chi connectivity index (χ4v) is 2.72. The number of hydrogen-bond donors (Lipinski definition) is 0. The highest BCUT2D eigenvalue weighted by Gasteiger charge is 2.19. The lowest BCUT2D eigenvalue weighted by molar-refractivity contribution is 1.21. The summed E-state index contributed by atoms with van der Waals surface area (Å²) in [6.45, 7) is 4.71. The highest BCUT2D eigenvalue weighted by Crippen LogP contribution is 2.12. The van der Waals surface area contributed by atoms with E-state index in [2.05, 4.69) is 92.7 Å². The van der Waals surface area contributed by atoms with E-state index in [4.69, 9.17) is 0 Å². The molecule has 0 heterocycles. The third-order valence-electron chi connectivity index (χ3n) is 3.69. The van der Waals surface area contributed by atoms with Crippen LogP contribution in [0.2, 0.25) is 0 Å². The zero-order valence-electron chi connectivity index (χ0n) is 13.0. The Bertz CT molecular complexity index is 582. The van der Waals surface area contributed by atoms with Crippen LogP contribution in [0, 0.1) is 0 Å². The minimum atomic E-state index is 0.421. The van der Waals surface area contributed by atoms with Gasteiger partial charge in [0.05, 0.1) is 0 Å². The first kappa shape index (κ1) is 15.4. The van der Waals surface area contributed by atoms with E-state index >= 15 is 0 Å². The van der Waals surface area contributed by atoms with Gasteiger partial charge in [-0.15, -0.1) is 0 Å². The molecule has 1 heteroatoms. The monoisotopic (exact) mass is 274 g/mol. The zero-order valence-corrected chi connectivity index (χ0v) is 13.0. The van der Waals surface area contributed by atoms with Crippen molar-refractivity contribution in [2.75, 3.05) is 0 Å². The minimum Gasteiger partial charge on any atom is -0.0899 e. The van der Waals surface area contributed by atoms with Gasteiger partial charge >= 0.3 is 0 Å². The Kier molecular flexibility index (Phi) is 6.09. The molecular formula is C20H23B. The molecule has 0 unspecified atom stereocenters. The molecule has 0 aromatic heterocycles. The molecular weight excluding hydrogens is 251 g/mol. The Morgan fingerprint density at radius 3 is 2.14 bits per heavy atom. The van der Waals surface area contributed by atoms with Crippen LogP contribution in [-0.4, -0.2) is 6.71 Å². The van der Waals surface area contributed by atoms with Crippen LogP contribution in [0.5, 0.6) is 0 Å². The molecule has 0 amide bonds. The summed E-state index contributed by atoms with van der Waals surface area (Å²) in [5.74, 6) is 0. The van der Waals surface area contributed by atoms with E-state index in [1.54, 1.807) is 0 Å². The average molecular weight is 274 g/mol. The second-order valence-corrected chi connectivity index (χ2v) is 5.27. The molecule has 0 atom stereocenters. The lowest BCUT2D eigenvalue weighted by Crippen LogP contribution is -2.34. The molecule has 0 aliphatic heterocycles. The molecule has 2 aromatic rings. The van der Waals surface area contributed by atoms with Crippen molar-refractivity contribution in [3.8, 4) is 0 Å². The van der Waals surface area contributed by atoms with Crippen LogP contribution < -0.4 is 5.46 Å². The summed E-state index contributed by atoms with van der Waals surface area (Å²) < 4.78 is 0. The standard InChI is InChI=1S/C20H23B/c1-3-11-19(12-4-2)21(20-15-9-6-10-16-20)17-18-13-7-5-8-14-18/h3,5-16H,4,17H2,1-2H3/b11-3-,19-12+. The van der Waals surface area contributed by atoms with Gasteiger partial charge in [-0.1, -0.05) is 102 Å². The predicted molar refractivity (Wildman–Crippen MR) is 95.2 cm³/mol. The summed E-state index contributed by atoms with van der Waals surface area (Å²) in [5, 5.41) is 0. The number of rotatable bonds is 6. The highest BCUT2D eigenvalue weighted by molar-refractivity contribution is 6.79. The van der Waals surface area contributed by atoms with Crippen molar-refractivity contribution in [1.82, 2.24) is 0 Å². The normalized spacial score (nSPS) is 11.8. The van der Waals surface area contributed by atoms with Crippen molar-refractivity contribution in [2.45, 2.75) is 26.6 Å². The molecule has 0 spiro atoms. The van der Waals surface area contributed by atoms with Crippen LogP contribution in [0.3, 0.4) is 0 Å². The van der Waals surface area contributed by atoms with E-state index in [0.29, 0.717) is 6.71 Å². The first-order valence-electron chi connectivity index (χ1n) is 7.76. The van der Waals surface area contributed by atoms with Crippen molar-refractivity contribution >= 4 is 12.2 Å². The Balaban J connectivity index is 2.36. The molecule has 0 N–H and O–H groups in total. The third-order valence-corrected chi connectivity index (χ3v) is 3.69. The van der Waals surface area contributed by atoms with Crippen molar-refractivity contribution in [3.05, 3.63) is 89.9 Å². The zero-order chi connectivity index (χ0) is 14.9. The van der Waals surface area contributed by atoms with Crippen molar-refractivity contribution in [3.63, 3.8) is 0 Å². The topological polar surface area (TPSA) is 0 Å². The van der Waals surface area contributed by atoms with Gasteiger partial charge in [0.2, 0.25) is 6.71 Å². The van der Waals surface area contributed by atoms with Crippen LogP contribution in [0.1, 0.15) is 25.8 Å². The highest BCUT2D eigenvalue weighted by atomic mass is 14.0.